The maximum Gasteiger partial charge on any atom is 0.263 e. The Labute approximate surface area is 182 Å². The zero-order chi connectivity index (χ0) is 21.8. The molecule has 0 aliphatic heterocycles. The Morgan fingerprint density at radius 2 is 2.03 bits per heavy atom. The van der Waals surface area contributed by atoms with E-state index in [1.165, 1.54) is 31.6 Å². The van der Waals surface area contributed by atoms with Crippen LogP contribution in [-0.4, -0.2) is 41.2 Å². The summed E-state index contributed by atoms with van der Waals surface area (Å²) in [5.41, 5.74) is 0.608. The Kier molecular flexibility index (Phi) is 6.13. The number of hydrogen-bond donors (Lipinski definition) is 0. The van der Waals surface area contributed by atoms with Crippen LogP contribution in [0.25, 0.3) is 10.2 Å². The van der Waals surface area contributed by atoms with Gasteiger partial charge in [-0.05, 0) is 30.7 Å². The van der Waals surface area contributed by atoms with Crippen LogP contribution in [-0.2, 0) is 6.54 Å². The minimum absolute atomic E-state index is 0.257. The van der Waals surface area contributed by atoms with Crippen LogP contribution < -0.4 is 14.4 Å². The number of aromatic nitrogens is 3. The van der Waals surface area contributed by atoms with Gasteiger partial charge >= 0.3 is 0 Å². The third-order valence-corrected chi connectivity index (χ3v) is 5.87. The Balaban J connectivity index is 1.70. The van der Waals surface area contributed by atoms with Crippen LogP contribution in [0, 0.1) is 5.82 Å². The van der Waals surface area contributed by atoms with Crippen LogP contribution >= 0.6 is 11.3 Å². The first kappa shape index (κ1) is 20.8. The predicted octanol–water partition coefficient (Wildman–Crippen LogP) is 4.39. The molecular weight excluding hydrogens is 419 g/mol. The second-order valence-corrected chi connectivity index (χ2v) is 7.74. The first-order valence-corrected chi connectivity index (χ1v) is 10.5. The summed E-state index contributed by atoms with van der Waals surface area (Å²) in [6.45, 7) is 1.07. The minimum Gasteiger partial charge on any atom is -0.493 e. The third-order valence-electron chi connectivity index (χ3n) is 4.83. The fraction of sp³-hybridized carbons (Fsp3) is 0.227. The Hall–Kier alpha value is -3.46. The number of carbonyl (C=O) groups is 1. The number of methoxy groups -OCH3 is 2. The number of anilines is 1. The van der Waals surface area contributed by atoms with Crippen LogP contribution in [0.1, 0.15) is 16.8 Å². The van der Waals surface area contributed by atoms with Crippen molar-refractivity contribution < 1.29 is 18.7 Å². The molecule has 2 aromatic carbocycles. The number of halogens is 1. The number of aryl methyl sites for hydroxylation is 1. The maximum absolute atomic E-state index is 14.2. The van der Waals surface area contributed by atoms with E-state index < -0.39 is 5.82 Å². The smallest absolute Gasteiger partial charge is 0.263 e. The van der Waals surface area contributed by atoms with Crippen molar-refractivity contribution in [3.05, 3.63) is 66.5 Å². The monoisotopic (exact) mass is 440 g/mol. The van der Waals surface area contributed by atoms with Gasteiger partial charge in [0.2, 0.25) is 0 Å². The van der Waals surface area contributed by atoms with Crippen molar-refractivity contribution >= 4 is 32.6 Å². The summed E-state index contributed by atoms with van der Waals surface area (Å²) in [6, 6.07) is 9.93. The number of thiazole rings is 1. The average molecular weight is 441 g/mol. The van der Waals surface area contributed by atoms with Crippen molar-refractivity contribution in [2.24, 2.45) is 0 Å². The second kappa shape index (κ2) is 9.13. The lowest BCUT2D eigenvalue weighted by Crippen LogP contribution is -2.32. The van der Waals surface area contributed by atoms with E-state index in [1.54, 1.807) is 47.8 Å². The zero-order valence-corrected chi connectivity index (χ0v) is 17.9. The minimum atomic E-state index is -0.412. The average Bonchev–Trinajstić information content (AvgIpc) is 3.46. The highest BCUT2D eigenvalue weighted by Crippen LogP contribution is 2.35. The Bertz CT molecular complexity index is 1190. The number of hydrogen-bond acceptors (Lipinski definition) is 6. The molecule has 4 aromatic rings. The molecule has 0 radical (unpaired) electrons. The summed E-state index contributed by atoms with van der Waals surface area (Å²) in [4.78, 5) is 23.6. The van der Waals surface area contributed by atoms with Crippen molar-refractivity contribution in [1.29, 1.82) is 0 Å². The highest BCUT2D eigenvalue weighted by molar-refractivity contribution is 7.22. The lowest BCUT2D eigenvalue weighted by Gasteiger charge is -2.22. The molecule has 0 unspecified atom stereocenters. The first-order valence-electron chi connectivity index (χ1n) is 9.66. The predicted molar refractivity (Wildman–Crippen MR) is 118 cm³/mol. The van der Waals surface area contributed by atoms with E-state index in [9.17, 15) is 9.18 Å². The summed E-state index contributed by atoms with van der Waals surface area (Å²) < 4.78 is 27.6. The largest absolute Gasteiger partial charge is 0.493 e. The summed E-state index contributed by atoms with van der Waals surface area (Å²) in [5, 5.41) is 0.431. The van der Waals surface area contributed by atoms with E-state index in [0.717, 1.165) is 0 Å². The molecule has 0 aliphatic carbocycles. The molecule has 0 bridgehead atoms. The van der Waals surface area contributed by atoms with Crippen LogP contribution in [0.15, 0.2) is 55.1 Å². The Morgan fingerprint density at radius 1 is 1.19 bits per heavy atom. The van der Waals surface area contributed by atoms with E-state index in [4.69, 9.17) is 9.47 Å². The zero-order valence-electron chi connectivity index (χ0n) is 17.1. The number of imidazole rings is 1. The number of carbonyl (C=O) groups excluding carboxylic acids is 1. The number of fused-ring (bicyclic) bond motifs is 1. The molecule has 2 heterocycles. The van der Waals surface area contributed by atoms with Gasteiger partial charge in [-0.1, -0.05) is 23.5 Å². The fourth-order valence-electron chi connectivity index (χ4n) is 3.33. The summed E-state index contributed by atoms with van der Waals surface area (Å²) in [6.07, 6.45) is 5.96. The van der Waals surface area contributed by atoms with Crippen molar-refractivity contribution in [3.8, 4) is 11.5 Å². The number of amides is 1. The van der Waals surface area contributed by atoms with Crippen molar-refractivity contribution in [3.63, 3.8) is 0 Å². The molecule has 0 N–H and O–H groups in total. The molecule has 4 rings (SSSR count). The highest BCUT2D eigenvalue weighted by Gasteiger charge is 2.26. The van der Waals surface area contributed by atoms with Gasteiger partial charge in [0.25, 0.3) is 5.91 Å². The molecule has 0 saturated carbocycles. The molecule has 0 spiro atoms. The van der Waals surface area contributed by atoms with E-state index in [0.29, 0.717) is 46.4 Å². The SMILES string of the molecule is COc1cccc(C(=O)N(CCCn2ccnc2)c2nc3c(F)cccc3s2)c1OC. The van der Waals surface area contributed by atoms with Gasteiger partial charge in [0.1, 0.15) is 11.3 Å². The van der Waals surface area contributed by atoms with Crippen LogP contribution in [0.4, 0.5) is 9.52 Å². The number of rotatable bonds is 8. The van der Waals surface area contributed by atoms with Crippen molar-refractivity contribution in [2.45, 2.75) is 13.0 Å². The maximum atomic E-state index is 14.2. The van der Waals surface area contributed by atoms with Gasteiger partial charge in [0, 0.05) is 25.5 Å². The van der Waals surface area contributed by atoms with Gasteiger partial charge < -0.3 is 14.0 Å². The van der Waals surface area contributed by atoms with E-state index >= 15 is 0 Å². The van der Waals surface area contributed by atoms with Crippen molar-refractivity contribution in [1.82, 2.24) is 14.5 Å². The van der Waals surface area contributed by atoms with E-state index in [-0.39, 0.29) is 11.4 Å². The highest BCUT2D eigenvalue weighted by atomic mass is 32.1. The number of para-hydroxylation sites is 2. The molecule has 160 valence electrons. The van der Waals surface area contributed by atoms with Gasteiger partial charge in [-0.25, -0.2) is 14.4 Å². The molecule has 2 aromatic heterocycles. The molecule has 0 saturated heterocycles. The Morgan fingerprint density at radius 3 is 2.74 bits per heavy atom. The van der Waals surface area contributed by atoms with Gasteiger partial charge in [-0.3, -0.25) is 9.69 Å². The molecule has 0 aliphatic rings. The molecule has 31 heavy (non-hydrogen) atoms. The summed E-state index contributed by atoms with van der Waals surface area (Å²) >= 11 is 1.28. The van der Waals surface area contributed by atoms with Crippen LogP contribution in [0.3, 0.4) is 0 Å². The standard InChI is InChI=1S/C22H21FN4O3S/c1-29-17-8-3-6-15(20(17)30-2)21(28)27(12-5-11-26-13-10-24-14-26)22-25-19-16(23)7-4-9-18(19)31-22/h3-4,6-10,13-14H,5,11-12H2,1-2H3. The van der Waals surface area contributed by atoms with Gasteiger partial charge in [0.05, 0.1) is 30.8 Å². The van der Waals surface area contributed by atoms with Gasteiger partial charge in [-0.2, -0.15) is 0 Å². The molecule has 9 heteroatoms. The quantitative estimate of drug-likeness (QED) is 0.407. The van der Waals surface area contributed by atoms with Gasteiger partial charge in [0.15, 0.2) is 16.6 Å². The van der Waals surface area contributed by atoms with Gasteiger partial charge in [-0.15, -0.1) is 0 Å². The summed E-state index contributed by atoms with van der Waals surface area (Å²) in [7, 11) is 3.01. The second-order valence-electron chi connectivity index (χ2n) is 6.73. The summed E-state index contributed by atoms with van der Waals surface area (Å²) in [5.74, 6) is 0.106. The van der Waals surface area contributed by atoms with E-state index in [2.05, 4.69) is 9.97 Å². The third kappa shape index (κ3) is 4.22. The fourth-order valence-corrected chi connectivity index (χ4v) is 4.34. The molecule has 0 fully saturated rings. The first-order chi connectivity index (χ1) is 15.1. The van der Waals surface area contributed by atoms with E-state index in [1.807, 2.05) is 10.8 Å². The molecule has 0 atom stereocenters. The number of nitrogens with zero attached hydrogens (tertiary/aromatic N) is 4. The molecule has 7 nitrogen and oxygen atoms in total. The topological polar surface area (TPSA) is 69.5 Å². The van der Waals surface area contributed by atoms with Crippen LogP contribution in [0.5, 0.6) is 11.5 Å². The number of benzene rings is 2. The lowest BCUT2D eigenvalue weighted by atomic mass is 10.1. The lowest BCUT2D eigenvalue weighted by molar-refractivity contribution is 0.0982. The number of ether oxygens (including phenoxy) is 2. The molecule has 1 amide bonds. The normalized spacial score (nSPS) is 10.9. The van der Waals surface area contributed by atoms with Crippen molar-refractivity contribution in [2.75, 3.05) is 25.7 Å². The molecular formula is C22H21FN4O3S. The van der Waals surface area contributed by atoms with Crippen LogP contribution in [0.2, 0.25) is 0 Å².